The summed E-state index contributed by atoms with van der Waals surface area (Å²) in [6.07, 6.45) is -2.62. The number of anilines is 1. The molecule has 0 saturated carbocycles. The topological polar surface area (TPSA) is 81.6 Å². The lowest BCUT2D eigenvalue weighted by Crippen LogP contribution is -2.27. The van der Waals surface area contributed by atoms with Crippen molar-refractivity contribution in [1.82, 2.24) is 9.88 Å². The Morgan fingerprint density at radius 2 is 1.79 bits per heavy atom. The lowest BCUT2D eigenvalue weighted by molar-refractivity contribution is -0.137. The number of nitrogens with one attached hydrogen (secondary N) is 2. The molecule has 0 radical (unpaired) electrons. The van der Waals surface area contributed by atoms with Crippen LogP contribution in [0.5, 0.6) is 11.5 Å². The van der Waals surface area contributed by atoms with E-state index in [1.54, 1.807) is 18.2 Å². The molecule has 0 atom stereocenters. The molecule has 1 aliphatic heterocycles. The van der Waals surface area contributed by atoms with Gasteiger partial charge >= 0.3 is 6.18 Å². The number of carbonyl (C=O) groups is 2. The molecule has 3 aromatic carbocycles. The summed E-state index contributed by atoms with van der Waals surface area (Å²) < 4.78 is 51.4. The van der Waals surface area contributed by atoms with Crippen molar-refractivity contribution in [3.63, 3.8) is 0 Å². The number of halogens is 3. The van der Waals surface area contributed by atoms with Gasteiger partial charge in [0, 0.05) is 52.4 Å². The first-order chi connectivity index (χ1) is 18.3. The molecule has 2 N–H and O–H groups in total. The highest BCUT2D eigenvalue weighted by Gasteiger charge is 2.30. The number of fused-ring (bicyclic) bond motifs is 2. The van der Waals surface area contributed by atoms with Crippen molar-refractivity contribution in [2.24, 2.45) is 0 Å². The number of thioether (sulfide) groups is 1. The average molecular weight is 542 g/mol. The van der Waals surface area contributed by atoms with Crippen LogP contribution < -0.4 is 20.1 Å². The smallest absolute Gasteiger partial charge is 0.416 e. The number of ether oxygens (including phenoxy) is 2. The second kappa shape index (κ2) is 10.7. The number of aromatic nitrogens is 1. The zero-order chi connectivity index (χ0) is 26.7. The Morgan fingerprint density at radius 3 is 2.63 bits per heavy atom. The molecule has 0 spiro atoms. The van der Waals surface area contributed by atoms with Crippen LogP contribution in [0.15, 0.2) is 77.8 Å². The van der Waals surface area contributed by atoms with Crippen LogP contribution in [0.4, 0.5) is 18.9 Å². The Bertz CT molecular complexity index is 1500. The Morgan fingerprint density at radius 1 is 0.974 bits per heavy atom. The number of para-hydroxylation sites is 1. The highest BCUT2D eigenvalue weighted by molar-refractivity contribution is 8.00. The van der Waals surface area contributed by atoms with Crippen molar-refractivity contribution >= 4 is 40.2 Å². The summed E-state index contributed by atoms with van der Waals surface area (Å²) in [6.45, 7) is 0.763. The molecular weight excluding hydrogens is 519 g/mol. The van der Waals surface area contributed by atoms with Crippen LogP contribution in [0.1, 0.15) is 15.9 Å². The zero-order valence-electron chi connectivity index (χ0n) is 19.9. The molecule has 1 aromatic heterocycles. The van der Waals surface area contributed by atoms with Crippen molar-refractivity contribution < 1.29 is 32.2 Å². The Kier molecular flexibility index (Phi) is 7.19. The van der Waals surface area contributed by atoms with Gasteiger partial charge in [-0.05, 0) is 36.4 Å². The minimum Gasteiger partial charge on any atom is -0.454 e. The second-order valence-electron chi connectivity index (χ2n) is 8.44. The summed E-state index contributed by atoms with van der Waals surface area (Å²) in [5.41, 5.74) is 0.603. The molecule has 0 saturated heterocycles. The number of rotatable bonds is 8. The van der Waals surface area contributed by atoms with E-state index >= 15 is 0 Å². The van der Waals surface area contributed by atoms with Crippen LogP contribution in [0.3, 0.4) is 0 Å². The number of hydrogen-bond donors (Lipinski definition) is 2. The minimum atomic E-state index is -4.52. The van der Waals surface area contributed by atoms with Crippen LogP contribution in [0, 0.1) is 0 Å². The molecule has 0 fully saturated rings. The second-order valence-corrected chi connectivity index (χ2v) is 9.46. The highest BCUT2D eigenvalue weighted by Crippen LogP contribution is 2.35. The fraction of sp³-hybridized carbons (Fsp3) is 0.185. The van der Waals surface area contributed by atoms with Gasteiger partial charge in [-0.3, -0.25) is 9.59 Å². The van der Waals surface area contributed by atoms with Crippen molar-refractivity contribution in [3.8, 4) is 11.5 Å². The van der Waals surface area contributed by atoms with E-state index in [-0.39, 0.29) is 30.6 Å². The van der Waals surface area contributed by atoms with E-state index in [2.05, 4.69) is 10.6 Å². The third kappa shape index (κ3) is 5.72. The molecular formula is C27H22F3N3O4S. The Hall–Kier alpha value is -4.12. The summed E-state index contributed by atoms with van der Waals surface area (Å²) in [4.78, 5) is 25.9. The first-order valence-electron chi connectivity index (χ1n) is 11.6. The molecule has 2 heterocycles. The molecule has 11 heteroatoms. The molecule has 1 aliphatic rings. The Labute approximate surface area is 219 Å². The van der Waals surface area contributed by atoms with E-state index < -0.39 is 17.6 Å². The molecule has 0 unspecified atom stereocenters. The largest absolute Gasteiger partial charge is 0.454 e. The highest BCUT2D eigenvalue weighted by atomic mass is 32.2. The average Bonchev–Trinajstić information content (AvgIpc) is 3.51. The fourth-order valence-corrected chi connectivity index (χ4v) is 4.95. The maximum atomic E-state index is 13.0. The van der Waals surface area contributed by atoms with E-state index in [9.17, 15) is 22.8 Å². The normalized spacial score (nSPS) is 12.5. The number of benzene rings is 3. The number of alkyl halides is 3. The summed E-state index contributed by atoms with van der Waals surface area (Å²) >= 11 is 1.38. The van der Waals surface area contributed by atoms with Gasteiger partial charge in [0.15, 0.2) is 11.5 Å². The number of amides is 2. The van der Waals surface area contributed by atoms with E-state index in [1.165, 1.54) is 23.9 Å². The first kappa shape index (κ1) is 25.5. The summed E-state index contributed by atoms with van der Waals surface area (Å²) in [6, 6.07) is 17.2. The molecule has 0 bridgehead atoms. The van der Waals surface area contributed by atoms with Crippen molar-refractivity contribution in [2.75, 3.05) is 24.4 Å². The van der Waals surface area contributed by atoms with Crippen molar-refractivity contribution in [1.29, 1.82) is 0 Å². The number of hydrogen-bond acceptors (Lipinski definition) is 5. The molecule has 196 valence electrons. The first-order valence-corrected chi connectivity index (χ1v) is 12.6. The van der Waals surface area contributed by atoms with Crippen LogP contribution in [0.25, 0.3) is 10.9 Å². The standard InChI is InChI=1S/C27H22F3N3O4S/c28-27(29,30)18-5-3-4-17(12-18)26(35)31-10-11-33-14-24(20-6-1-2-7-21(20)33)38-15-25(34)32-19-8-9-22-23(13-19)37-16-36-22/h1-9,12-14H,10-11,15-16H2,(H,31,35)(H,32,34). The lowest BCUT2D eigenvalue weighted by atomic mass is 10.1. The van der Waals surface area contributed by atoms with E-state index in [0.29, 0.717) is 23.7 Å². The monoisotopic (exact) mass is 541 g/mol. The Balaban J connectivity index is 1.20. The SMILES string of the molecule is O=C(CSc1cn(CCNC(=O)c2cccc(C(F)(F)F)c2)c2ccccc12)Nc1ccc2c(c1)OCO2. The van der Waals surface area contributed by atoms with Gasteiger partial charge in [0.25, 0.3) is 5.91 Å². The summed E-state index contributed by atoms with van der Waals surface area (Å²) in [5, 5.41) is 6.49. The van der Waals surface area contributed by atoms with E-state index in [4.69, 9.17) is 9.47 Å². The van der Waals surface area contributed by atoms with Gasteiger partial charge in [0.2, 0.25) is 12.7 Å². The van der Waals surface area contributed by atoms with Gasteiger partial charge < -0.3 is 24.7 Å². The zero-order valence-corrected chi connectivity index (χ0v) is 20.7. The molecule has 0 aliphatic carbocycles. The summed E-state index contributed by atoms with van der Waals surface area (Å²) in [5.74, 6) is 0.630. The van der Waals surface area contributed by atoms with E-state index in [0.717, 1.165) is 27.9 Å². The number of carbonyl (C=O) groups excluding carboxylic acids is 2. The van der Waals surface area contributed by atoms with Gasteiger partial charge in [-0.15, -0.1) is 11.8 Å². The van der Waals surface area contributed by atoms with Gasteiger partial charge in [-0.1, -0.05) is 24.3 Å². The van der Waals surface area contributed by atoms with Crippen LogP contribution in [-0.4, -0.2) is 35.5 Å². The maximum Gasteiger partial charge on any atom is 0.416 e. The predicted octanol–water partition coefficient (Wildman–Crippen LogP) is 5.55. The molecule has 4 aromatic rings. The lowest BCUT2D eigenvalue weighted by Gasteiger charge is -2.10. The fourth-order valence-electron chi connectivity index (χ4n) is 4.06. The van der Waals surface area contributed by atoms with Gasteiger partial charge in [0.05, 0.1) is 11.3 Å². The van der Waals surface area contributed by atoms with Gasteiger partial charge in [-0.25, -0.2) is 0 Å². The van der Waals surface area contributed by atoms with Gasteiger partial charge in [-0.2, -0.15) is 13.2 Å². The van der Waals surface area contributed by atoms with Crippen LogP contribution in [-0.2, 0) is 17.5 Å². The minimum absolute atomic E-state index is 0.0538. The number of nitrogens with zero attached hydrogens (tertiary/aromatic N) is 1. The van der Waals surface area contributed by atoms with Gasteiger partial charge in [0.1, 0.15) is 0 Å². The van der Waals surface area contributed by atoms with Crippen LogP contribution in [0.2, 0.25) is 0 Å². The predicted molar refractivity (Wildman–Crippen MR) is 138 cm³/mol. The third-order valence-corrected chi connectivity index (χ3v) is 6.90. The van der Waals surface area contributed by atoms with Crippen molar-refractivity contribution in [2.45, 2.75) is 17.6 Å². The quantitative estimate of drug-likeness (QED) is 0.286. The molecule has 5 rings (SSSR count). The van der Waals surface area contributed by atoms with E-state index in [1.807, 2.05) is 35.0 Å². The van der Waals surface area contributed by atoms with Crippen molar-refractivity contribution in [3.05, 3.63) is 84.1 Å². The molecule has 38 heavy (non-hydrogen) atoms. The molecule has 2 amide bonds. The third-order valence-electron chi connectivity index (χ3n) is 5.86. The molecule has 7 nitrogen and oxygen atoms in total. The summed E-state index contributed by atoms with van der Waals surface area (Å²) in [7, 11) is 0. The van der Waals surface area contributed by atoms with Crippen LogP contribution >= 0.6 is 11.8 Å². The maximum absolute atomic E-state index is 13.0.